The minimum atomic E-state index is -4.92. The Morgan fingerprint density at radius 1 is 1.25 bits per heavy atom. The molecule has 0 unspecified atom stereocenters. The highest BCUT2D eigenvalue weighted by Gasteiger charge is 2.33. The van der Waals surface area contributed by atoms with Gasteiger partial charge in [0.2, 0.25) is 5.88 Å². The Labute approximate surface area is 207 Å². The van der Waals surface area contributed by atoms with Crippen molar-refractivity contribution in [2.75, 3.05) is 5.32 Å². The zero-order chi connectivity index (χ0) is 26.3. The van der Waals surface area contributed by atoms with E-state index in [1.165, 1.54) is 12.1 Å². The predicted molar refractivity (Wildman–Crippen MR) is 130 cm³/mol. The number of anilines is 1. The molecular formula is C26H31F3N4O3. The van der Waals surface area contributed by atoms with Crippen LogP contribution in [0.5, 0.6) is 5.88 Å². The van der Waals surface area contributed by atoms with Crippen LogP contribution in [0.1, 0.15) is 81.9 Å². The summed E-state index contributed by atoms with van der Waals surface area (Å²) >= 11 is 0. The maximum absolute atomic E-state index is 12.9. The fourth-order valence-corrected chi connectivity index (χ4v) is 4.71. The highest BCUT2D eigenvalue weighted by molar-refractivity contribution is 6.04. The lowest BCUT2D eigenvalue weighted by molar-refractivity contribution is -0.276. The van der Waals surface area contributed by atoms with Crippen LogP contribution < -0.4 is 10.1 Å². The normalized spacial score (nSPS) is 20.9. The first-order valence-electron chi connectivity index (χ1n) is 12.1. The molecular weight excluding hydrogens is 473 g/mol. The van der Waals surface area contributed by atoms with Crippen molar-refractivity contribution in [3.8, 4) is 5.88 Å². The lowest BCUT2D eigenvalue weighted by atomic mass is 9.72. The number of nitrogens with zero attached hydrogens (tertiary/aromatic N) is 3. The van der Waals surface area contributed by atoms with E-state index in [0.717, 1.165) is 43.6 Å². The molecule has 7 nitrogen and oxygen atoms in total. The van der Waals surface area contributed by atoms with Crippen molar-refractivity contribution >= 4 is 22.5 Å². The van der Waals surface area contributed by atoms with Gasteiger partial charge in [0.15, 0.2) is 0 Å². The number of pyridine rings is 1. The number of aromatic nitrogens is 3. The van der Waals surface area contributed by atoms with Gasteiger partial charge in [0.1, 0.15) is 5.69 Å². The van der Waals surface area contributed by atoms with Crippen LogP contribution in [0.3, 0.4) is 0 Å². The molecule has 1 aliphatic rings. The van der Waals surface area contributed by atoms with E-state index in [0.29, 0.717) is 22.2 Å². The molecule has 1 saturated carbocycles. The highest BCUT2D eigenvalue weighted by Crippen LogP contribution is 2.43. The molecule has 0 saturated heterocycles. The number of aliphatic hydroxyl groups is 1. The van der Waals surface area contributed by atoms with Crippen molar-refractivity contribution in [3.05, 3.63) is 47.8 Å². The minimum absolute atomic E-state index is 0.254. The summed E-state index contributed by atoms with van der Waals surface area (Å²) in [6, 6.07) is 7.28. The van der Waals surface area contributed by atoms with Crippen LogP contribution in [-0.2, 0) is 5.60 Å². The number of hydrogen-bond acceptors (Lipinski definition) is 5. The van der Waals surface area contributed by atoms with E-state index in [2.05, 4.69) is 28.9 Å². The van der Waals surface area contributed by atoms with E-state index in [9.17, 15) is 23.1 Å². The summed E-state index contributed by atoms with van der Waals surface area (Å²) in [5.74, 6) is -1.47. The first-order chi connectivity index (χ1) is 16.8. The van der Waals surface area contributed by atoms with Gasteiger partial charge in [0.05, 0.1) is 17.2 Å². The molecule has 4 rings (SSSR count). The molecule has 10 heteroatoms. The Balaban J connectivity index is 1.62. The molecule has 3 aromatic rings. The van der Waals surface area contributed by atoms with Crippen LogP contribution in [0, 0.1) is 5.41 Å². The molecule has 194 valence electrons. The van der Waals surface area contributed by atoms with Gasteiger partial charge in [-0.2, -0.15) is 5.10 Å². The number of rotatable bonds is 6. The Bertz CT molecular complexity index is 1260. The fourth-order valence-electron chi connectivity index (χ4n) is 4.71. The van der Waals surface area contributed by atoms with Crippen LogP contribution in [0.2, 0.25) is 0 Å². The summed E-state index contributed by atoms with van der Waals surface area (Å²) in [6.07, 6.45) is 2.49. The summed E-state index contributed by atoms with van der Waals surface area (Å²) < 4.78 is 43.4. The smallest absolute Gasteiger partial charge is 0.388 e. The average molecular weight is 505 g/mol. The van der Waals surface area contributed by atoms with Crippen LogP contribution in [0.15, 0.2) is 36.5 Å². The Kier molecular flexibility index (Phi) is 6.76. The predicted octanol–water partition coefficient (Wildman–Crippen LogP) is 6.34. The lowest BCUT2D eigenvalue weighted by Gasteiger charge is -2.36. The number of fused-ring (bicyclic) bond motifs is 1. The van der Waals surface area contributed by atoms with Gasteiger partial charge in [-0.15, -0.1) is 13.2 Å². The van der Waals surface area contributed by atoms with Crippen molar-refractivity contribution in [2.45, 2.75) is 77.8 Å². The number of carbonyl (C=O) groups excluding carboxylic acids is 1. The van der Waals surface area contributed by atoms with Crippen LogP contribution >= 0.6 is 0 Å². The molecule has 36 heavy (non-hydrogen) atoms. The zero-order valence-electron chi connectivity index (χ0n) is 20.8. The van der Waals surface area contributed by atoms with Crippen LogP contribution in [0.4, 0.5) is 18.9 Å². The molecule has 2 heterocycles. The maximum Gasteiger partial charge on any atom is 0.574 e. The fraction of sp³-hybridized carbons (Fsp3) is 0.500. The summed E-state index contributed by atoms with van der Waals surface area (Å²) in [6.45, 7) is 7.73. The largest absolute Gasteiger partial charge is 0.574 e. The summed E-state index contributed by atoms with van der Waals surface area (Å²) in [5, 5.41) is 19.0. The van der Waals surface area contributed by atoms with Crippen molar-refractivity contribution in [1.82, 2.24) is 14.8 Å². The number of nitrogens with one attached hydrogen (secondary N) is 1. The Hall–Kier alpha value is -3.14. The Morgan fingerprint density at radius 3 is 2.56 bits per heavy atom. The van der Waals surface area contributed by atoms with Gasteiger partial charge in [-0.1, -0.05) is 26.3 Å². The number of alkyl halides is 3. The molecule has 2 aromatic heterocycles. The first kappa shape index (κ1) is 25.9. The van der Waals surface area contributed by atoms with Gasteiger partial charge in [-0.3, -0.25) is 9.48 Å². The van der Waals surface area contributed by atoms with Crippen molar-refractivity contribution < 1.29 is 27.8 Å². The molecule has 1 fully saturated rings. The molecule has 0 spiro atoms. The third-order valence-corrected chi connectivity index (χ3v) is 7.14. The second-order valence-electron chi connectivity index (χ2n) is 10.4. The molecule has 0 bridgehead atoms. The van der Waals surface area contributed by atoms with Gasteiger partial charge < -0.3 is 15.2 Å². The molecule has 1 aromatic carbocycles. The van der Waals surface area contributed by atoms with Crippen molar-refractivity contribution in [1.29, 1.82) is 0 Å². The van der Waals surface area contributed by atoms with Crippen LogP contribution in [0.25, 0.3) is 10.9 Å². The second-order valence-corrected chi connectivity index (χ2v) is 10.4. The number of carbonyl (C=O) groups is 1. The maximum atomic E-state index is 12.9. The quantitative estimate of drug-likeness (QED) is 0.409. The minimum Gasteiger partial charge on any atom is -0.388 e. The molecule has 2 N–H and O–H groups in total. The van der Waals surface area contributed by atoms with E-state index in [1.807, 2.05) is 10.9 Å². The summed E-state index contributed by atoms with van der Waals surface area (Å²) in [4.78, 5) is 16.5. The van der Waals surface area contributed by atoms with E-state index in [-0.39, 0.29) is 11.7 Å². The molecule has 1 amide bonds. The third kappa shape index (κ3) is 5.80. The lowest BCUT2D eigenvalue weighted by Crippen LogP contribution is -2.25. The van der Waals surface area contributed by atoms with Crippen molar-refractivity contribution in [3.63, 3.8) is 0 Å². The number of halogens is 3. The third-order valence-electron chi connectivity index (χ3n) is 7.14. The average Bonchev–Trinajstić information content (AvgIpc) is 3.20. The Morgan fingerprint density at radius 2 is 1.94 bits per heavy atom. The van der Waals surface area contributed by atoms with E-state index < -0.39 is 23.8 Å². The summed E-state index contributed by atoms with van der Waals surface area (Å²) in [5.41, 5.74) is 0.237. The number of ether oxygens (including phenoxy) is 1. The first-order valence-corrected chi connectivity index (χ1v) is 12.1. The highest BCUT2D eigenvalue weighted by atomic mass is 19.4. The SMILES string of the molecule is CCC1(C)CCC(n2cc3cc(NC(=O)c4cccc(OC(F)(F)F)n4)c(C(C)(C)O)cc3n2)CC1. The number of amides is 1. The molecule has 0 atom stereocenters. The molecule has 0 aliphatic heterocycles. The van der Waals surface area contributed by atoms with Gasteiger partial charge in [0.25, 0.3) is 5.91 Å². The standard InChI is InChI=1S/C26H31F3N4O3/c1-5-25(4)11-9-17(10-12-25)33-15-16-13-21(18(24(2,3)35)14-20(16)32-33)31-23(34)19-7-6-8-22(30-19)36-26(27,28)29/h6-8,13-15,17,35H,5,9-12H2,1-4H3,(H,31,34). The van der Waals surface area contributed by atoms with Crippen molar-refractivity contribution in [2.24, 2.45) is 5.41 Å². The van der Waals surface area contributed by atoms with Crippen LogP contribution in [-0.4, -0.2) is 32.1 Å². The second kappa shape index (κ2) is 9.38. The van der Waals surface area contributed by atoms with E-state index in [4.69, 9.17) is 5.10 Å². The van der Waals surface area contributed by atoms with Gasteiger partial charge in [-0.25, -0.2) is 4.98 Å². The summed E-state index contributed by atoms with van der Waals surface area (Å²) in [7, 11) is 0. The van der Waals surface area contributed by atoms with Gasteiger partial charge in [-0.05, 0) is 63.1 Å². The monoisotopic (exact) mass is 504 g/mol. The van der Waals surface area contributed by atoms with E-state index >= 15 is 0 Å². The zero-order valence-corrected chi connectivity index (χ0v) is 20.8. The van der Waals surface area contributed by atoms with Gasteiger partial charge in [0, 0.05) is 28.9 Å². The molecule has 0 radical (unpaired) electrons. The molecule has 1 aliphatic carbocycles. The number of hydrogen-bond donors (Lipinski definition) is 2. The van der Waals surface area contributed by atoms with E-state index in [1.54, 1.807) is 26.0 Å². The van der Waals surface area contributed by atoms with Gasteiger partial charge >= 0.3 is 6.36 Å². The topological polar surface area (TPSA) is 89.3 Å². The number of benzene rings is 1.